The third-order valence-corrected chi connectivity index (χ3v) is 3.22. The number of halogens is 6. The Hall–Kier alpha value is -0.850. The summed E-state index contributed by atoms with van der Waals surface area (Å²) in [5, 5.41) is 0. The zero-order valence-electron chi connectivity index (χ0n) is 9.54. The van der Waals surface area contributed by atoms with Crippen LogP contribution >= 0.6 is 11.8 Å². The summed E-state index contributed by atoms with van der Waals surface area (Å²) in [6, 6.07) is 1.58. The van der Waals surface area contributed by atoms with Crippen LogP contribution in [0.2, 0.25) is 0 Å². The van der Waals surface area contributed by atoms with Crippen molar-refractivity contribution >= 4 is 11.8 Å². The molecule has 0 atom stereocenters. The highest BCUT2D eigenvalue weighted by Gasteiger charge is 2.41. The molecule has 0 amide bonds. The average molecular weight is 288 g/mol. The number of thioether (sulfide) groups is 1. The first-order valence-electron chi connectivity index (χ1n) is 4.97. The van der Waals surface area contributed by atoms with Gasteiger partial charge >= 0.3 is 12.4 Å². The molecule has 0 unspecified atom stereocenters. The first kappa shape index (κ1) is 15.2. The van der Waals surface area contributed by atoms with Crippen LogP contribution in [0.4, 0.5) is 26.3 Å². The highest BCUT2D eigenvalue weighted by molar-refractivity contribution is 7.98. The molecule has 0 N–H and O–H groups in total. The second-order valence-corrected chi connectivity index (χ2v) is 4.37. The van der Waals surface area contributed by atoms with E-state index in [4.69, 9.17) is 0 Å². The maximum Gasteiger partial charge on any atom is 0.417 e. The van der Waals surface area contributed by atoms with Gasteiger partial charge in [-0.3, -0.25) is 0 Å². The predicted octanol–water partition coefficient (Wildman–Crippen LogP) is 5.01. The van der Waals surface area contributed by atoms with Crippen molar-refractivity contribution < 1.29 is 26.3 Å². The van der Waals surface area contributed by atoms with E-state index in [0.717, 1.165) is 17.8 Å². The first-order valence-corrected chi connectivity index (χ1v) is 6.19. The van der Waals surface area contributed by atoms with Crippen LogP contribution in [-0.2, 0) is 18.8 Å². The minimum absolute atomic E-state index is 0.188. The quantitative estimate of drug-likeness (QED) is 0.544. The summed E-state index contributed by atoms with van der Waals surface area (Å²) in [6.07, 6.45) is -8.48. The fraction of sp³-hybridized carbons (Fsp3) is 0.455. The molecule has 1 aromatic rings. The van der Waals surface area contributed by atoms with Gasteiger partial charge in [-0.2, -0.15) is 26.3 Å². The van der Waals surface area contributed by atoms with Gasteiger partial charge in [0.2, 0.25) is 0 Å². The Morgan fingerprint density at radius 2 is 1.56 bits per heavy atom. The van der Waals surface area contributed by atoms with Crippen molar-refractivity contribution in [3.8, 4) is 0 Å². The van der Waals surface area contributed by atoms with Crippen LogP contribution in [-0.4, -0.2) is 6.26 Å². The van der Waals surface area contributed by atoms with Gasteiger partial charge in [-0.05, 0) is 30.4 Å². The molecule has 0 fully saturated rings. The van der Waals surface area contributed by atoms with E-state index in [1.807, 2.05) is 0 Å². The Morgan fingerprint density at radius 3 is 1.89 bits per heavy atom. The Labute approximate surface area is 104 Å². The van der Waals surface area contributed by atoms with Gasteiger partial charge in [-0.25, -0.2) is 0 Å². The van der Waals surface area contributed by atoms with Crippen molar-refractivity contribution in [1.29, 1.82) is 0 Å². The van der Waals surface area contributed by atoms with Crippen molar-refractivity contribution in [3.05, 3.63) is 28.8 Å². The molecule has 0 saturated carbocycles. The van der Waals surface area contributed by atoms with E-state index in [2.05, 4.69) is 0 Å². The summed E-state index contributed by atoms with van der Waals surface area (Å²) in [4.78, 5) is -0.188. The molecule has 102 valence electrons. The molecular weight excluding hydrogens is 278 g/mol. The fourth-order valence-electron chi connectivity index (χ4n) is 1.74. The van der Waals surface area contributed by atoms with Crippen LogP contribution in [0, 0.1) is 0 Å². The van der Waals surface area contributed by atoms with Crippen molar-refractivity contribution in [2.45, 2.75) is 30.6 Å². The first-order chi connectivity index (χ1) is 8.12. The Kier molecular flexibility index (Phi) is 4.25. The molecule has 7 heteroatoms. The summed E-state index contributed by atoms with van der Waals surface area (Å²) >= 11 is 0.784. The fourth-order valence-corrected chi connectivity index (χ4v) is 2.39. The minimum atomic E-state index is -4.79. The van der Waals surface area contributed by atoms with Crippen LogP contribution in [0.5, 0.6) is 0 Å². The molecule has 0 aliphatic rings. The van der Waals surface area contributed by atoms with Crippen LogP contribution in [0.1, 0.15) is 23.6 Å². The highest BCUT2D eigenvalue weighted by atomic mass is 32.2. The van der Waals surface area contributed by atoms with Crippen molar-refractivity contribution in [2.24, 2.45) is 0 Å². The van der Waals surface area contributed by atoms with Gasteiger partial charge in [0.05, 0.1) is 11.1 Å². The van der Waals surface area contributed by atoms with E-state index in [-0.39, 0.29) is 11.3 Å². The molecule has 0 saturated heterocycles. The summed E-state index contributed by atoms with van der Waals surface area (Å²) in [5.74, 6) is 0. The largest absolute Gasteiger partial charge is 0.417 e. The molecule has 0 radical (unpaired) electrons. The van der Waals surface area contributed by atoms with Crippen molar-refractivity contribution in [1.82, 2.24) is 0 Å². The maximum absolute atomic E-state index is 12.9. The van der Waals surface area contributed by atoms with Gasteiger partial charge in [0.1, 0.15) is 0 Å². The number of hydrogen-bond donors (Lipinski definition) is 0. The summed E-state index contributed by atoms with van der Waals surface area (Å²) in [5.41, 5.74) is -3.08. The number of alkyl halides is 6. The second-order valence-electron chi connectivity index (χ2n) is 3.52. The lowest BCUT2D eigenvalue weighted by molar-refractivity contribution is -0.145. The average Bonchev–Trinajstić information content (AvgIpc) is 2.24. The number of benzene rings is 1. The monoisotopic (exact) mass is 288 g/mol. The van der Waals surface area contributed by atoms with Crippen LogP contribution < -0.4 is 0 Å². The van der Waals surface area contributed by atoms with E-state index in [1.165, 1.54) is 13.2 Å². The van der Waals surface area contributed by atoms with E-state index >= 15 is 0 Å². The van der Waals surface area contributed by atoms with Gasteiger partial charge in [0, 0.05) is 4.90 Å². The van der Waals surface area contributed by atoms with E-state index in [0.29, 0.717) is 6.07 Å². The number of hydrogen-bond acceptors (Lipinski definition) is 1. The lowest BCUT2D eigenvalue weighted by Crippen LogP contribution is -2.17. The third kappa shape index (κ3) is 2.93. The zero-order valence-corrected chi connectivity index (χ0v) is 10.4. The van der Waals surface area contributed by atoms with Crippen LogP contribution in [0.15, 0.2) is 17.0 Å². The molecule has 0 heterocycles. The topological polar surface area (TPSA) is 0 Å². The van der Waals surface area contributed by atoms with Crippen LogP contribution in [0.25, 0.3) is 0 Å². The smallest absolute Gasteiger partial charge is 0.166 e. The Balaban J connectivity index is 3.64. The van der Waals surface area contributed by atoms with Crippen molar-refractivity contribution in [2.75, 3.05) is 6.26 Å². The Morgan fingerprint density at radius 1 is 1.00 bits per heavy atom. The maximum atomic E-state index is 12.9. The second kappa shape index (κ2) is 5.03. The molecule has 0 aromatic heterocycles. The van der Waals surface area contributed by atoms with E-state index in [1.54, 1.807) is 0 Å². The van der Waals surface area contributed by atoms with Gasteiger partial charge in [0.15, 0.2) is 0 Å². The zero-order chi connectivity index (χ0) is 14.1. The predicted molar refractivity (Wildman–Crippen MR) is 57.6 cm³/mol. The van der Waals surface area contributed by atoms with E-state index < -0.39 is 29.0 Å². The molecule has 1 rings (SSSR count). The van der Waals surface area contributed by atoms with E-state index in [9.17, 15) is 26.3 Å². The molecule has 0 bridgehead atoms. The van der Waals surface area contributed by atoms with Crippen LogP contribution in [0.3, 0.4) is 0 Å². The highest BCUT2D eigenvalue weighted by Crippen LogP contribution is 2.43. The lowest BCUT2D eigenvalue weighted by Gasteiger charge is -2.20. The van der Waals surface area contributed by atoms with Gasteiger partial charge in [-0.1, -0.05) is 6.92 Å². The number of rotatable bonds is 2. The lowest BCUT2D eigenvalue weighted by atomic mass is 9.98. The van der Waals surface area contributed by atoms with Gasteiger partial charge in [0.25, 0.3) is 0 Å². The molecule has 1 aromatic carbocycles. The molecule has 0 spiro atoms. The third-order valence-electron chi connectivity index (χ3n) is 2.44. The summed E-state index contributed by atoms with van der Waals surface area (Å²) in [7, 11) is 0. The minimum Gasteiger partial charge on any atom is -0.166 e. The standard InChI is InChI=1S/C11H10F6S/c1-3-6-7(10(12,13)14)4-5-8(18-2)9(6)11(15,16)17/h4-5H,3H2,1-2H3. The normalized spacial score (nSPS) is 12.9. The van der Waals surface area contributed by atoms with Gasteiger partial charge < -0.3 is 0 Å². The Bertz CT molecular complexity index is 432. The summed E-state index contributed by atoms with van der Waals surface area (Å²) < 4.78 is 76.6. The van der Waals surface area contributed by atoms with Crippen molar-refractivity contribution in [3.63, 3.8) is 0 Å². The molecule has 18 heavy (non-hydrogen) atoms. The molecule has 0 nitrogen and oxygen atoms in total. The molecule has 0 aliphatic heterocycles. The molecule has 0 aliphatic carbocycles. The summed E-state index contributed by atoms with van der Waals surface area (Å²) in [6.45, 7) is 1.28. The molecular formula is C11H10F6S. The SMILES string of the molecule is CCc1c(C(F)(F)F)ccc(SC)c1C(F)(F)F. The van der Waals surface area contributed by atoms with Gasteiger partial charge in [-0.15, -0.1) is 11.8 Å².